The van der Waals surface area contributed by atoms with Gasteiger partial charge in [-0.25, -0.2) is 9.18 Å². The first-order valence-corrected chi connectivity index (χ1v) is 15.6. The topological polar surface area (TPSA) is 89.7 Å². The van der Waals surface area contributed by atoms with Crippen LogP contribution in [0, 0.1) is 5.82 Å². The summed E-state index contributed by atoms with van der Waals surface area (Å²) in [7, 11) is 0. The summed E-state index contributed by atoms with van der Waals surface area (Å²) in [5.74, 6) is -0.256. The molecule has 0 radical (unpaired) electrons. The third-order valence-electron chi connectivity index (χ3n) is 8.82. The van der Waals surface area contributed by atoms with Crippen LogP contribution in [0.4, 0.5) is 14.9 Å². The van der Waals surface area contributed by atoms with Gasteiger partial charge in [0, 0.05) is 61.2 Å². The number of hydrogen-bond donors (Lipinski definition) is 3. The highest BCUT2D eigenvalue weighted by atomic mass is 19.1. The number of fused-ring (bicyclic) bond motifs is 1. The average Bonchev–Trinajstić information content (AvgIpc) is 3.71. The largest absolute Gasteiger partial charge is 0.490 e. The van der Waals surface area contributed by atoms with Crippen molar-refractivity contribution in [2.24, 2.45) is 0 Å². The second-order valence-electron chi connectivity index (χ2n) is 11.9. The van der Waals surface area contributed by atoms with Crippen molar-refractivity contribution < 1.29 is 18.7 Å². The maximum Gasteiger partial charge on any atom is 0.318 e. The highest BCUT2D eigenvalue weighted by molar-refractivity contribution is 5.98. The number of aromatic amines is 1. The predicted molar refractivity (Wildman–Crippen MR) is 170 cm³/mol. The summed E-state index contributed by atoms with van der Waals surface area (Å²) in [6.45, 7) is 6.02. The van der Waals surface area contributed by atoms with E-state index in [1.165, 1.54) is 25.0 Å². The fourth-order valence-corrected chi connectivity index (χ4v) is 6.34. The van der Waals surface area contributed by atoms with E-state index in [9.17, 15) is 14.0 Å². The fourth-order valence-electron chi connectivity index (χ4n) is 6.34. The van der Waals surface area contributed by atoms with Crippen molar-refractivity contribution in [1.29, 1.82) is 0 Å². The number of para-hydroxylation sites is 1. The molecule has 0 saturated carbocycles. The number of benzene rings is 3. The van der Waals surface area contributed by atoms with Gasteiger partial charge in [-0.2, -0.15) is 0 Å². The van der Waals surface area contributed by atoms with Crippen molar-refractivity contribution in [3.8, 4) is 5.75 Å². The maximum absolute atomic E-state index is 13.9. The van der Waals surface area contributed by atoms with Crippen LogP contribution in [0.25, 0.3) is 10.9 Å². The van der Waals surface area contributed by atoms with Crippen LogP contribution >= 0.6 is 0 Å². The number of amides is 3. The minimum atomic E-state index is -0.808. The Labute approximate surface area is 257 Å². The molecule has 2 unspecified atom stereocenters. The smallest absolute Gasteiger partial charge is 0.318 e. The Morgan fingerprint density at radius 1 is 0.977 bits per heavy atom. The Morgan fingerprint density at radius 3 is 2.50 bits per heavy atom. The molecule has 2 fully saturated rings. The molecule has 230 valence electrons. The van der Waals surface area contributed by atoms with Crippen LogP contribution in [0.5, 0.6) is 5.75 Å². The lowest BCUT2D eigenvalue weighted by molar-refractivity contribution is -0.118. The Balaban J connectivity index is 1.15. The molecule has 2 saturated heterocycles. The van der Waals surface area contributed by atoms with Crippen molar-refractivity contribution >= 4 is 28.5 Å². The summed E-state index contributed by atoms with van der Waals surface area (Å²) >= 11 is 0. The van der Waals surface area contributed by atoms with Crippen LogP contribution in [0.1, 0.15) is 49.7 Å². The summed E-state index contributed by atoms with van der Waals surface area (Å²) < 4.78 is 19.3. The van der Waals surface area contributed by atoms with E-state index in [-0.39, 0.29) is 29.8 Å². The highest BCUT2D eigenvalue weighted by Gasteiger charge is 2.33. The number of H-pyrrole nitrogens is 1. The molecule has 3 amide bonds. The van der Waals surface area contributed by atoms with Crippen LogP contribution in [-0.2, 0) is 11.3 Å². The number of urea groups is 1. The summed E-state index contributed by atoms with van der Waals surface area (Å²) in [6, 6.07) is 20.9. The van der Waals surface area contributed by atoms with Gasteiger partial charge in [-0.1, -0.05) is 37.3 Å². The molecular weight excluding hydrogens is 557 g/mol. The Kier molecular flexibility index (Phi) is 9.12. The molecule has 44 heavy (non-hydrogen) atoms. The maximum atomic E-state index is 13.9. The molecular formula is C35H40FN5O3. The molecule has 2 aliphatic heterocycles. The highest BCUT2D eigenvalue weighted by Crippen LogP contribution is 2.29. The monoisotopic (exact) mass is 597 g/mol. The quantitative estimate of drug-likeness (QED) is 0.212. The summed E-state index contributed by atoms with van der Waals surface area (Å²) in [5.41, 5.74) is 3.82. The van der Waals surface area contributed by atoms with Crippen LogP contribution in [0.15, 0.2) is 79.0 Å². The van der Waals surface area contributed by atoms with Gasteiger partial charge in [0.2, 0.25) is 5.91 Å². The molecule has 0 bridgehead atoms. The zero-order valence-electron chi connectivity index (χ0n) is 25.1. The number of ether oxygens (including phenoxy) is 1. The number of rotatable bonds is 9. The lowest BCUT2D eigenvalue weighted by atomic mass is 9.92. The zero-order chi connectivity index (χ0) is 30.5. The number of hydrogen-bond acceptors (Lipinski definition) is 4. The van der Waals surface area contributed by atoms with Crippen LogP contribution in [-0.4, -0.2) is 65.0 Å². The van der Waals surface area contributed by atoms with E-state index < -0.39 is 6.04 Å². The Morgan fingerprint density at radius 2 is 1.73 bits per heavy atom. The van der Waals surface area contributed by atoms with Gasteiger partial charge in [0.1, 0.15) is 23.7 Å². The number of aromatic nitrogens is 1. The molecule has 6 rings (SSSR count). The third-order valence-corrected chi connectivity index (χ3v) is 8.82. The molecule has 4 aromatic rings. The number of likely N-dealkylation sites (tertiary alicyclic amines) is 2. The lowest BCUT2D eigenvalue weighted by Gasteiger charge is -2.34. The van der Waals surface area contributed by atoms with Crippen LogP contribution in [0.2, 0.25) is 0 Å². The van der Waals surface area contributed by atoms with E-state index in [0.29, 0.717) is 31.7 Å². The van der Waals surface area contributed by atoms with E-state index in [1.807, 2.05) is 55.6 Å². The number of halogens is 1. The van der Waals surface area contributed by atoms with Crippen molar-refractivity contribution in [1.82, 2.24) is 20.1 Å². The first-order chi connectivity index (χ1) is 21.4. The van der Waals surface area contributed by atoms with E-state index >= 15 is 0 Å². The van der Waals surface area contributed by atoms with Gasteiger partial charge in [-0.3, -0.25) is 9.69 Å². The average molecular weight is 598 g/mol. The Bertz CT molecular complexity index is 1570. The van der Waals surface area contributed by atoms with Crippen LogP contribution in [0.3, 0.4) is 0 Å². The number of nitrogens with zero attached hydrogens (tertiary/aromatic N) is 2. The standard InChI is InChI=1S/C35H40FN5O3/c1-24(31-22-37-32-10-3-2-9-30(31)32)33(34(42)38-27-8-6-7-25(21-27)23-40-17-4-5-18-40)39-35(43)41-19-15-29(16-20-41)44-28-13-11-26(36)12-14-28/h2-3,6-14,21-22,24,29,33,37H,4-5,15-20,23H2,1H3,(H,38,42)(H,39,43). The molecule has 8 nitrogen and oxygen atoms in total. The summed E-state index contributed by atoms with van der Waals surface area (Å²) in [5, 5.41) is 7.20. The molecule has 2 atom stereocenters. The number of anilines is 1. The van der Waals surface area contributed by atoms with Crippen molar-refractivity contribution in [2.75, 3.05) is 31.5 Å². The third kappa shape index (κ3) is 7.05. The van der Waals surface area contributed by atoms with Crippen molar-refractivity contribution in [3.63, 3.8) is 0 Å². The minimum absolute atomic E-state index is 0.0680. The van der Waals surface area contributed by atoms with E-state index in [1.54, 1.807) is 17.0 Å². The second kappa shape index (κ2) is 13.5. The lowest BCUT2D eigenvalue weighted by Crippen LogP contribution is -2.53. The molecule has 3 heterocycles. The molecule has 1 aromatic heterocycles. The van der Waals surface area contributed by atoms with E-state index in [2.05, 4.69) is 26.6 Å². The molecule has 0 spiro atoms. The van der Waals surface area contributed by atoms with Crippen molar-refractivity contribution in [2.45, 2.75) is 57.2 Å². The molecule has 9 heteroatoms. The molecule has 0 aliphatic carbocycles. The SMILES string of the molecule is CC(c1c[nH]c2ccccc12)C(NC(=O)N1CCC(Oc2ccc(F)cc2)CC1)C(=O)Nc1cccc(CN2CCCC2)c1. The van der Waals surface area contributed by atoms with Gasteiger partial charge in [0.15, 0.2) is 0 Å². The number of carbonyl (C=O) groups excluding carboxylic acids is 2. The minimum Gasteiger partial charge on any atom is -0.490 e. The fraction of sp³-hybridized carbons (Fsp3) is 0.371. The number of piperidine rings is 1. The van der Waals surface area contributed by atoms with Gasteiger partial charge >= 0.3 is 6.03 Å². The summed E-state index contributed by atoms with van der Waals surface area (Å²) in [4.78, 5) is 35.0. The first kappa shape index (κ1) is 29.7. The van der Waals surface area contributed by atoms with Gasteiger partial charge in [0.05, 0.1) is 0 Å². The van der Waals surface area contributed by atoms with Crippen LogP contribution < -0.4 is 15.4 Å². The van der Waals surface area contributed by atoms with Crippen molar-refractivity contribution in [3.05, 3.63) is 95.9 Å². The second-order valence-corrected chi connectivity index (χ2v) is 11.9. The predicted octanol–water partition coefficient (Wildman–Crippen LogP) is 6.27. The zero-order valence-corrected chi connectivity index (χ0v) is 25.1. The van der Waals surface area contributed by atoms with E-state index in [0.717, 1.165) is 47.4 Å². The Hall–Kier alpha value is -4.37. The normalized spacial score (nSPS) is 17.4. The molecule has 2 aliphatic rings. The molecule has 3 N–H and O–H groups in total. The first-order valence-electron chi connectivity index (χ1n) is 15.6. The number of carbonyl (C=O) groups is 2. The number of nitrogens with one attached hydrogen (secondary N) is 3. The summed E-state index contributed by atoms with van der Waals surface area (Å²) in [6.07, 6.45) is 5.59. The van der Waals surface area contributed by atoms with Gasteiger partial charge < -0.3 is 25.3 Å². The van der Waals surface area contributed by atoms with E-state index in [4.69, 9.17) is 4.74 Å². The van der Waals surface area contributed by atoms with Gasteiger partial charge in [-0.15, -0.1) is 0 Å². The van der Waals surface area contributed by atoms with Gasteiger partial charge in [-0.05, 0) is 79.5 Å². The molecule has 3 aromatic carbocycles. The van der Waals surface area contributed by atoms with Gasteiger partial charge in [0.25, 0.3) is 0 Å².